The summed E-state index contributed by atoms with van der Waals surface area (Å²) in [5, 5.41) is 11.2. The van der Waals surface area contributed by atoms with Gasteiger partial charge in [-0.05, 0) is 23.8 Å². The minimum atomic E-state index is -0.369. The third-order valence-electron chi connectivity index (χ3n) is 4.42. The molecule has 1 saturated heterocycles. The number of halogens is 1. The molecule has 1 amide bonds. The molecule has 138 valence electrons. The first-order valence-electron chi connectivity index (χ1n) is 8.17. The lowest BCUT2D eigenvalue weighted by Crippen LogP contribution is -2.48. The highest BCUT2D eigenvalue weighted by Crippen LogP contribution is 2.28. The predicted octanol–water partition coefficient (Wildman–Crippen LogP) is 2.44. The zero-order valence-corrected chi connectivity index (χ0v) is 15.0. The number of nitro groups is 1. The molecular weight excluding hydrogens is 356 g/mol. The number of benzene rings is 2. The van der Waals surface area contributed by atoms with E-state index < -0.39 is 0 Å². The zero-order valence-electron chi connectivity index (χ0n) is 14.2. The van der Waals surface area contributed by atoms with Gasteiger partial charge in [0.15, 0.2) is 0 Å². The van der Waals surface area contributed by atoms with Crippen molar-refractivity contribution in [3.05, 3.63) is 69.8 Å². The Morgan fingerprint density at radius 2 is 1.65 bits per heavy atom. The van der Waals surface area contributed by atoms with Gasteiger partial charge in [-0.1, -0.05) is 24.3 Å². The first kappa shape index (κ1) is 19.7. The fourth-order valence-corrected chi connectivity index (χ4v) is 3.00. The molecule has 2 aromatic carbocycles. The van der Waals surface area contributed by atoms with Crippen LogP contribution >= 0.6 is 12.4 Å². The van der Waals surface area contributed by atoms with Gasteiger partial charge >= 0.3 is 0 Å². The second-order valence-electron chi connectivity index (χ2n) is 5.93. The molecule has 0 radical (unpaired) electrons. The fourth-order valence-electron chi connectivity index (χ4n) is 3.00. The number of amides is 1. The predicted molar refractivity (Wildman–Crippen MR) is 103 cm³/mol. The SMILES string of the molecule is Cl.NCc1ccc(C(=O)N2CCN(c3ccccc3[N+](=O)[O-])CC2)cc1. The van der Waals surface area contributed by atoms with Crippen LogP contribution in [0.5, 0.6) is 0 Å². The van der Waals surface area contributed by atoms with E-state index in [0.717, 1.165) is 5.56 Å². The Morgan fingerprint density at radius 3 is 2.23 bits per heavy atom. The molecule has 0 bridgehead atoms. The molecule has 0 unspecified atom stereocenters. The summed E-state index contributed by atoms with van der Waals surface area (Å²) in [5.74, 6) is -0.0224. The quantitative estimate of drug-likeness (QED) is 0.653. The smallest absolute Gasteiger partial charge is 0.292 e. The van der Waals surface area contributed by atoms with Gasteiger partial charge in [-0.25, -0.2) is 0 Å². The molecule has 1 aliphatic rings. The van der Waals surface area contributed by atoms with Gasteiger partial charge in [-0.2, -0.15) is 0 Å². The average Bonchev–Trinajstić information content (AvgIpc) is 2.67. The Hall–Kier alpha value is -2.64. The summed E-state index contributed by atoms with van der Waals surface area (Å²) in [7, 11) is 0. The van der Waals surface area contributed by atoms with E-state index >= 15 is 0 Å². The lowest BCUT2D eigenvalue weighted by atomic mass is 10.1. The number of hydrogen-bond acceptors (Lipinski definition) is 5. The van der Waals surface area contributed by atoms with Crippen molar-refractivity contribution in [3.8, 4) is 0 Å². The highest BCUT2D eigenvalue weighted by molar-refractivity contribution is 5.94. The summed E-state index contributed by atoms with van der Waals surface area (Å²) in [5.41, 5.74) is 7.89. The van der Waals surface area contributed by atoms with Crippen molar-refractivity contribution in [2.75, 3.05) is 31.1 Å². The molecule has 0 aromatic heterocycles. The Balaban J connectivity index is 0.00000243. The summed E-state index contributed by atoms with van der Waals surface area (Å²) in [4.78, 5) is 27.1. The molecule has 1 fully saturated rings. The van der Waals surface area contributed by atoms with Crippen LogP contribution in [0.25, 0.3) is 0 Å². The number of nitrogens with two attached hydrogens (primary N) is 1. The Kier molecular flexibility index (Phi) is 6.54. The molecular formula is C18H21ClN4O3. The van der Waals surface area contributed by atoms with Crippen molar-refractivity contribution in [1.82, 2.24) is 4.90 Å². The van der Waals surface area contributed by atoms with Crippen LogP contribution in [0.3, 0.4) is 0 Å². The molecule has 8 heteroatoms. The molecule has 0 atom stereocenters. The van der Waals surface area contributed by atoms with Crippen LogP contribution in [-0.2, 0) is 6.54 Å². The van der Waals surface area contributed by atoms with Crippen LogP contribution < -0.4 is 10.6 Å². The molecule has 0 aliphatic carbocycles. The van der Waals surface area contributed by atoms with Crippen LogP contribution in [0.1, 0.15) is 15.9 Å². The van der Waals surface area contributed by atoms with Gasteiger partial charge in [0.05, 0.1) is 4.92 Å². The van der Waals surface area contributed by atoms with E-state index in [4.69, 9.17) is 5.73 Å². The van der Waals surface area contributed by atoms with E-state index in [0.29, 0.717) is 44.0 Å². The van der Waals surface area contributed by atoms with E-state index in [-0.39, 0.29) is 28.9 Å². The topological polar surface area (TPSA) is 92.7 Å². The third-order valence-corrected chi connectivity index (χ3v) is 4.42. The Labute approximate surface area is 157 Å². The van der Waals surface area contributed by atoms with Crippen LogP contribution in [0.4, 0.5) is 11.4 Å². The second-order valence-corrected chi connectivity index (χ2v) is 5.93. The number of piperazine rings is 1. The van der Waals surface area contributed by atoms with Crippen molar-refractivity contribution in [3.63, 3.8) is 0 Å². The van der Waals surface area contributed by atoms with Gasteiger partial charge in [-0.3, -0.25) is 14.9 Å². The van der Waals surface area contributed by atoms with Gasteiger partial charge in [0.25, 0.3) is 11.6 Å². The lowest BCUT2D eigenvalue weighted by Gasteiger charge is -2.35. The highest BCUT2D eigenvalue weighted by atomic mass is 35.5. The van der Waals surface area contributed by atoms with Gasteiger partial charge < -0.3 is 15.5 Å². The highest BCUT2D eigenvalue weighted by Gasteiger charge is 2.25. The number of nitrogens with zero attached hydrogens (tertiary/aromatic N) is 3. The maximum absolute atomic E-state index is 12.6. The van der Waals surface area contributed by atoms with Crippen molar-refractivity contribution in [1.29, 1.82) is 0 Å². The van der Waals surface area contributed by atoms with Gasteiger partial charge in [0.1, 0.15) is 5.69 Å². The number of carbonyl (C=O) groups excluding carboxylic acids is 1. The summed E-state index contributed by atoms with van der Waals surface area (Å²) in [6.07, 6.45) is 0. The number of anilines is 1. The van der Waals surface area contributed by atoms with E-state index in [9.17, 15) is 14.9 Å². The number of rotatable bonds is 4. The Morgan fingerprint density at radius 1 is 1.04 bits per heavy atom. The van der Waals surface area contributed by atoms with Crippen LogP contribution in [0, 0.1) is 10.1 Å². The molecule has 2 N–H and O–H groups in total. The van der Waals surface area contributed by atoms with E-state index in [2.05, 4.69) is 0 Å². The zero-order chi connectivity index (χ0) is 17.8. The van der Waals surface area contributed by atoms with Crippen LogP contribution in [0.15, 0.2) is 48.5 Å². The van der Waals surface area contributed by atoms with Crippen LogP contribution in [-0.4, -0.2) is 41.9 Å². The summed E-state index contributed by atoms with van der Waals surface area (Å²) in [6.45, 7) is 2.64. The summed E-state index contributed by atoms with van der Waals surface area (Å²) >= 11 is 0. The molecule has 2 aromatic rings. The summed E-state index contributed by atoms with van der Waals surface area (Å²) < 4.78 is 0. The number of nitro benzene ring substituents is 1. The van der Waals surface area contributed by atoms with Gasteiger partial charge in [-0.15, -0.1) is 12.4 Å². The molecule has 0 spiro atoms. The number of para-hydroxylation sites is 2. The third kappa shape index (κ3) is 4.12. The van der Waals surface area contributed by atoms with E-state index in [1.54, 1.807) is 35.2 Å². The van der Waals surface area contributed by atoms with E-state index in [1.165, 1.54) is 6.07 Å². The van der Waals surface area contributed by atoms with Crippen LogP contribution in [0.2, 0.25) is 0 Å². The lowest BCUT2D eigenvalue weighted by molar-refractivity contribution is -0.384. The van der Waals surface area contributed by atoms with E-state index in [1.807, 2.05) is 17.0 Å². The molecule has 0 saturated carbocycles. The number of carbonyl (C=O) groups is 1. The minimum Gasteiger partial charge on any atom is -0.362 e. The first-order valence-corrected chi connectivity index (χ1v) is 8.17. The minimum absolute atomic E-state index is 0. The average molecular weight is 377 g/mol. The van der Waals surface area contributed by atoms with Crippen molar-refractivity contribution < 1.29 is 9.72 Å². The second kappa shape index (κ2) is 8.64. The summed E-state index contributed by atoms with van der Waals surface area (Å²) in [6, 6.07) is 14.0. The molecule has 1 aliphatic heterocycles. The van der Waals surface area contributed by atoms with Crippen molar-refractivity contribution in [2.24, 2.45) is 5.73 Å². The monoisotopic (exact) mass is 376 g/mol. The molecule has 3 rings (SSSR count). The fraction of sp³-hybridized carbons (Fsp3) is 0.278. The molecule has 1 heterocycles. The van der Waals surface area contributed by atoms with Crippen molar-refractivity contribution >= 4 is 29.7 Å². The Bertz CT molecular complexity index is 774. The van der Waals surface area contributed by atoms with Gasteiger partial charge in [0.2, 0.25) is 0 Å². The maximum atomic E-state index is 12.6. The molecule has 26 heavy (non-hydrogen) atoms. The first-order chi connectivity index (χ1) is 12.1. The standard InChI is InChI=1S/C18H20N4O3.ClH/c19-13-14-5-7-15(8-6-14)18(23)21-11-9-20(10-12-21)16-3-1-2-4-17(16)22(24)25;/h1-8H,9-13,19H2;1H. The van der Waals surface area contributed by atoms with Gasteiger partial charge in [0, 0.05) is 44.4 Å². The molecule has 7 nitrogen and oxygen atoms in total. The largest absolute Gasteiger partial charge is 0.362 e. The van der Waals surface area contributed by atoms with Crippen molar-refractivity contribution in [2.45, 2.75) is 6.54 Å². The number of hydrogen-bond donors (Lipinski definition) is 1. The maximum Gasteiger partial charge on any atom is 0.292 e. The normalized spacial score (nSPS) is 13.9.